The summed E-state index contributed by atoms with van der Waals surface area (Å²) in [7, 11) is 6.12. The second-order valence-electron chi connectivity index (χ2n) is 7.70. The number of allylic oxidation sites excluding steroid dienone is 3. The zero-order valence-electron chi connectivity index (χ0n) is 21.2. The monoisotopic (exact) mass is 486 g/mol. The van der Waals surface area contributed by atoms with Gasteiger partial charge < -0.3 is 33.2 Å². The molecule has 0 N–H and O–H groups in total. The van der Waals surface area contributed by atoms with Gasteiger partial charge in [-0.3, -0.25) is 4.79 Å². The summed E-state index contributed by atoms with van der Waals surface area (Å²) in [6, 6.07) is 10.7. The molecule has 8 heteroatoms. The fraction of sp³-hybridized carbons (Fsp3) is 0.370. The summed E-state index contributed by atoms with van der Waals surface area (Å²) in [5, 5.41) is 0. The van der Waals surface area contributed by atoms with Gasteiger partial charge in [-0.05, 0) is 44.0 Å². The van der Waals surface area contributed by atoms with E-state index in [1.165, 1.54) is 21.3 Å². The zero-order chi connectivity index (χ0) is 25.6. The predicted octanol–water partition coefficient (Wildman–Crippen LogP) is 5.27. The number of ether oxygens (including phenoxy) is 7. The zero-order valence-corrected chi connectivity index (χ0v) is 21.2. The molecule has 0 radical (unpaired) electrons. The van der Waals surface area contributed by atoms with Crippen LogP contribution in [0.5, 0.6) is 23.0 Å². The summed E-state index contributed by atoms with van der Waals surface area (Å²) >= 11 is 0. The molecule has 0 unspecified atom stereocenters. The van der Waals surface area contributed by atoms with Gasteiger partial charge in [-0.15, -0.1) is 0 Å². The van der Waals surface area contributed by atoms with Crippen LogP contribution < -0.4 is 18.9 Å². The Labute approximate surface area is 207 Å². The van der Waals surface area contributed by atoms with Gasteiger partial charge in [-0.1, -0.05) is 23.8 Å². The smallest absolute Gasteiger partial charge is 0.196 e. The van der Waals surface area contributed by atoms with Crippen molar-refractivity contribution in [3.63, 3.8) is 0 Å². The first-order valence-corrected chi connectivity index (χ1v) is 11.0. The van der Waals surface area contributed by atoms with E-state index >= 15 is 0 Å². The van der Waals surface area contributed by atoms with Crippen molar-refractivity contribution in [2.45, 2.75) is 20.3 Å². The van der Waals surface area contributed by atoms with Gasteiger partial charge in [0.15, 0.2) is 26.2 Å². The molecule has 0 heterocycles. The van der Waals surface area contributed by atoms with Crippen LogP contribution in [0.15, 0.2) is 53.6 Å². The van der Waals surface area contributed by atoms with Gasteiger partial charge in [0, 0.05) is 39.0 Å². The predicted molar refractivity (Wildman–Crippen MR) is 133 cm³/mol. The average molecular weight is 487 g/mol. The first kappa shape index (κ1) is 27.9. The molecule has 2 aromatic rings. The number of ketones is 1. The molecule has 190 valence electrons. The number of hydrogen-bond donors (Lipinski definition) is 0. The van der Waals surface area contributed by atoms with E-state index in [4.69, 9.17) is 33.2 Å². The largest absolute Gasteiger partial charge is 0.497 e. The van der Waals surface area contributed by atoms with Crippen LogP contribution in [-0.4, -0.2) is 54.6 Å². The third kappa shape index (κ3) is 8.75. The summed E-state index contributed by atoms with van der Waals surface area (Å²) in [4.78, 5) is 13.9. The molecule has 0 aliphatic rings. The van der Waals surface area contributed by atoms with Crippen LogP contribution in [0.1, 0.15) is 36.2 Å². The molecule has 2 rings (SSSR count). The van der Waals surface area contributed by atoms with Crippen molar-refractivity contribution in [2.24, 2.45) is 0 Å². The van der Waals surface area contributed by atoms with E-state index < -0.39 is 0 Å². The summed E-state index contributed by atoms with van der Waals surface area (Å²) in [6.07, 6.45) is 4.26. The minimum atomic E-state index is -0.256. The number of hydrogen-bond acceptors (Lipinski definition) is 8. The van der Waals surface area contributed by atoms with E-state index in [-0.39, 0.29) is 43.2 Å². The van der Waals surface area contributed by atoms with Crippen LogP contribution in [0.2, 0.25) is 0 Å². The number of rotatable bonds is 15. The van der Waals surface area contributed by atoms with Gasteiger partial charge in [0.1, 0.15) is 28.6 Å². The number of benzene rings is 2. The first-order chi connectivity index (χ1) is 16.9. The molecular formula is C27H34O8. The molecule has 0 spiro atoms. The Balaban J connectivity index is 2.62. The number of carbonyl (C=O) groups excluding carboxylic acids is 1. The van der Waals surface area contributed by atoms with Crippen LogP contribution in [0, 0.1) is 0 Å². The lowest BCUT2D eigenvalue weighted by atomic mass is 9.96. The van der Waals surface area contributed by atoms with Crippen LogP contribution in [-0.2, 0) is 14.2 Å². The minimum Gasteiger partial charge on any atom is -0.497 e. The number of methoxy groups -OCH3 is 4. The molecule has 0 saturated carbocycles. The van der Waals surface area contributed by atoms with E-state index in [9.17, 15) is 4.79 Å². The lowest BCUT2D eigenvalue weighted by Crippen LogP contribution is -2.13. The first-order valence-electron chi connectivity index (χ1n) is 11.0. The standard InChI is InChI=1S/C27H34O8/c1-19(2)7-10-21(13-20-8-11-22(32-6)12-9-20)27(28)26-24(34-17-30-4)14-23(33-16-29-3)15-25(26)35-18-31-5/h7-9,11-15H,10,16-18H2,1-6H3/b21-13+. The summed E-state index contributed by atoms with van der Waals surface area (Å²) < 4.78 is 37.5. The second-order valence-corrected chi connectivity index (χ2v) is 7.70. The fourth-order valence-corrected chi connectivity index (χ4v) is 3.07. The lowest BCUT2D eigenvalue weighted by Gasteiger charge is -2.18. The third-order valence-corrected chi connectivity index (χ3v) is 4.75. The SMILES string of the molecule is COCOc1cc(OCOC)c(C(=O)/C(=C/c2ccc(OC)cc2)CC=C(C)C)c(OCOC)c1. The van der Waals surface area contributed by atoms with Crippen LogP contribution >= 0.6 is 0 Å². The Bertz CT molecular complexity index is 975. The molecule has 2 aromatic carbocycles. The van der Waals surface area contributed by atoms with Crippen molar-refractivity contribution >= 4 is 11.9 Å². The lowest BCUT2D eigenvalue weighted by molar-refractivity contribution is 0.0400. The number of Topliss-reactive ketones (excluding diaryl/α,β-unsaturated/α-hetero) is 1. The molecule has 0 amide bonds. The Hall–Kier alpha value is -3.33. The maximum Gasteiger partial charge on any atom is 0.196 e. The Morgan fingerprint density at radius 2 is 1.31 bits per heavy atom. The van der Waals surface area contributed by atoms with E-state index in [0.29, 0.717) is 17.7 Å². The molecule has 0 bridgehead atoms. The quantitative estimate of drug-likeness (QED) is 0.146. The Morgan fingerprint density at radius 1 is 0.771 bits per heavy atom. The number of carbonyl (C=O) groups is 1. The van der Waals surface area contributed by atoms with Crippen molar-refractivity contribution in [3.05, 3.63) is 64.7 Å². The molecule has 0 fully saturated rings. The van der Waals surface area contributed by atoms with Crippen molar-refractivity contribution in [1.82, 2.24) is 0 Å². The molecule has 0 atom stereocenters. The van der Waals surface area contributed by atoms with E-state index in [1.807, 2.05) is 50.3 Å². The molecule has 0 aliphatic heterocycles. The van der Waals surface area contributed by atoms with Crippen molar-refractivity contribution in [1.29, 1.82) is 0 Å². The summed E-state index contributed by atoms with van der Waals surface area (Å²) in [6.45, 7) is 3.85. The Morgan fingerprint density at radius 3 is 1.80 bits per heavy atom. The second kappa shape index (κ2) is 14.8. The van der Waals surface area contributed by atoms with Gasteiger partial charge in [0.05, 0.1) is 7.11 Å². The van der Waals surface area contributed by atoms with E-state index in [0.717, 1.165) is 16.9 Å². The molecule has 0 aliphatic carbocycles. The van der Waals surface area contributed by atoms with Crippen molar-refractivity contribution in [2.75, 3.05) is 48.8 Å². The normalized spacial score (nSPS) is 11.1. The fourth-order valence-electron chi connectivity index (χ4n) is 3.07. The molecule has 35 heavy (non-hydrogen) atoms. The van der Waals surface area contributed by atoms with Gasteiger partial charge >= 0.3 is 0 Å². The highest BCUT2D eigenvalue weighted by molar-refractivity contribution is 6.14. The summed E-state index contributed by atoms with van der Waals surface area (Å²) in [5.41, 5.74) is 2.74. The minimum absolute atomic E-state index is 0.0178. The van der Waals surface area contributed by atoms with Crippen molar-refractivity contribution < 1.29 is 38.0 Å². The molecule has 0 aromatic heterocycles. The van der Waals surface area contributed by atoms with E-state index in [2.05, 4.69) is 0 Å². The summed E-state index contributed by atoms with van der Waals surface area (Å²) in [5.74, 6) is 1.40. The topological polar surface area (TPSA) is 81.7 Å². The van der Waals surface area contributed by atoms with Crippen LogP contribution in [0.3, 0.4) is 0 Å². The Kier molecular flexibility index (Phi) is 11.8. The van der Waals surface area contributed by atoms with Crippen molar-refractivity contribution in [3.8, 4) is 23.0 Å². The van der Waals surface area contributed by atoms with Crippen LogP contribution in [0.4, 0.5) is 0 Å². The van der Waals surface area contributed by atoms with Gasteiger partial charge in [0.25, 0.3) is 0 Å². The van der Waals surface area contributed by atoms with Gasteiger partial charge in [-0.25, -0.2) is 0 Å². The molecule has 8 nitrogen and oxygen atoms in total. The highest BCUT2D eigenvalue weighted by Gasteiger charge is 2.24. The highest BCUT2D eigenvalue weighted by Crippen LogP contribution is 2.37. The third-order valence-electron chi connectivity index (χ3n) is 4.75. The average Bonchev–Trinajstić information content (AvgIpc) is 2.86. The molecular weight excluding hydrogens is 452 g/mol. The maximum absolute atomic E-state index is 13.9. The maximum atomic E-state index is 13.9. The van der Waals surface area contributed by atoms with Gasteiger partial charge in [0.2, 0.25) is 0 Å². The van der Waals surface area contributed by atoms with E-state index in [1.54, 1.807) is 19.2 Å². The van der Waals surface area contributed by atoms with Crippen LogP contribution in [0.25, 0.3) is 6.08 Å². The molecule has 0 saturated heterocycles. The highest BCUT2D eigenvalue weighted by atomic mass is 16.7. The van der Waals surface area contributed by atoms with Gasteiger partial charge in [-0.2, -0.15) is 0 Å².